The first-order chi connectivity index (χ1) is 31.0. The summed E-state index contributed by atoms with van der Waals surface area (Å²) in [6.45, 7) is 4.75. The summed E-state index contributed by atoms with van der Waals surface area (Å²) in [6.07, 6.45) is 0. The predicted molar refractivity (Wildman–Crippen MR) is 271 cm³/mol. The van der Waals surface area contributed by atoms with Gasteiger partial charge in [-0.2, -0.15) is 0 Å². The Morgan fingerprint density at radius 2 is 0.635 bits per heavy atom. The van der Waals surface area contributed by atoms with Crippen molar-refractivity contribution in [3.63, 3.8) is 0 Å². The van der Waals surface area contributed by atoms with E-state index < -0.39 is 0 Å². The highest BCUT2D eigenvalue weighted by molar-refractivity contribution is 6.33. The van der Waals surface area contributed by atoms with Gasteiger partial charge in [-0.25, -0.2) is 0 Å². The van der Waals surface area contributed by atoms with Crippen LogP contribution in [0, 0.1) is 0 Å². The Morgan fingerprint density at radius 1 is 0.238 bits per heavy atom. The van der Waals surface area contributed by atoms with Crippen LogP contribution in [0.3, 0.4) is 0 Å². The van der Waals surface area contributed by atoms with Gasteiger partial charge in [0.1, 0.15) is 0 Å². The lowest BCUT2D eigenvalue weighted by Gasteiger charge is -2.22. The van der Waals surface area contributed by atoms with Crippen LogP contribution in [0.25, 0.3) is 120 Å². The largest absolute Gasteiger partial charge is 0.0622 e. The third-order valence-corrected chi connectivity index (χ3v) is 14.2. The fraction of sp³-hybridized carbons (Fsp3) is 0.0476. The van der Waals surface area contributed by atoms with E-state index in [2.05, 4.69) is 232 Å². The molecule has 63 heavy (non-hydrogen) atoms. The SMILES string of the molecule is CC1(C)c2cc(-c3ccccc3)ccc2-c2ccc(-c3ccc4cc(-c5ccc6ccc(-c7cc8c9ccccc9c9ccccc9c8c8ccccc78)cc6c5)ccc4c3)cc21. The molecule has 0 radical (unpaired) electrons. The molecule has 1 aliphatic rings. The topological polar surface area (TPSA) is 0 Å². The van der Waals surface area contributed by atoms with Gasteiger partial charge >= 0.3 is 0 Å². The van der Waals surface area contributed by atoms with E-state index in [1.165, 1.54) is 131 Å². The molecule has 0 unspecified atom stereocenters. The van der Waals surface area contributed by atoms with Crippen molar-refractivity contribution in [1.82, 2.24) is 0 Å². The molecule has 0 heterocycles. The summed E-state index contributed by atoms with van der Waals surface area (Å²) in [5.74, 6) is 0. The van der Waals surface area contributed by atoms with E-state index in [0.717, 1.165) is 0 Å². The second kappa shape index (κ2) is 13.6. The number of benzene rings is 12. The molecule has 0 spiro atoms. The zero-order valence-corrected chi connectivity index (χ0v) is 35.3. The molecule has 0 heteroatoms. The van der Waals surface area contributed by atoms with Crippen LogP contribution in [0.1, 0.15) is 25.0 Å². The molecule has 0 aromatic heterocycles. The van der Waals surface area contributed by atoms with Crippen LogP contribution in [0.2, 0.25) is 0 Å². The summed E-state index contributed by atoms with van der Waals surface area (Å²) >= 11 is 0. The van der Waals surface area contributed by atoms with Gasteiger partial charge in [-0.05, 0) is 174 Å². The Morgan fingerprint density at radius 3 is 1.24 bits per heavy atom. The quantitative estimate of drug-likeness (QED) is 0.156. The Hall–Kier alpha value is -7.80. The smallest absolute Gasteiger partial charge is 0.0159 e. The lowest BCUT2D eigenvalue weighted by atomic mass is 9.81. The molecule has 0 atom stereocenters. The number of hydrogen-bond donors (Lipinski definition) is 0. The van der Waals surface area contributed by atoms with Crippen molar-refractivity contribution in [3.8, 4) is 55.6 Å². The molecule has 12 aromatic carbocycles. The van der Waals surface area contributed by atoms with E-state index in [0.29, 0.717) is 0 Å². The van der Waals surface area contributed by atoms with Crippen LogP contribution >= 0.6 is 0 Å². The Kier molecular flexibility index (Phi) is 7.75. The molecule has 0 amide bonds. The summed E-state index contributed by atoms with van der Waals surface area (Å²) in [5, 5.41) is 15.4. The van der Waals surface area contributed by atoms with E-state index >= 15 is 0 Å². The minimum Gasteiger partial charge on any atom is -0.0622 e. The minimum absolute atomic E-state index is 0.0919. The van der Waals surface area contributed by atoms with Gasteiger partial charge < -0.3 is 0 Å². The van der Waals surface area contributed by atoms with Gasteiger partial charge in [-0.1, -0.05) is 190 Å². The summed E-state index contributed by atoms with van der Waals surface area (Å²) < 4.78 is 0. The van der Waals surface area contributed by atoms with Gasteiger partial charge in [0.05, 0.1) is 0 Å². The van der Waals surface area contributed by atoms with E-state index in [1.807, 2.05) is 0 Å². The van der Waals surface area contributed by atoms with Gasteiger partial charge in [0.2, 0.25) is 0 Å². The van der Waals surface area contributed by atoms with Crippen LogP contribution in [0.5, 0.6) is 0 Å². The third-order valence-electron chi connectivity index (χ3n) is 14.2. The molecule has 0 aliphatic heterocycles. The van der Waals surface area contributed by atoms with E-state index in [1.54, 1.807) is 0 Å². The average molecular weight is 799 g/mol. The lowest BCUT2D eigenvalue weighted by molar-refractivity contribution is 0.661. The molecule has 1 aliphatic carbocycles. The molecular weight excluding hydrogens is 757 g/mol. The van der Waals surface area contributed by atoms with Crippen molar-refractivity contribution in [3.05, 3.63) is 230 Å². The van der Waals surface area contributed by atoms with Crippen LogP contribution in [-0.2, 0) is 5.41 Å². The average Bonchev–Trinajstić information content (AvgIpc) is 3.57. The van der Waals surface area contributed by atoms with Crippen molar-refractivity contribution in [2.24, 2.45) is 0 Å². The third kappa shape index (κ3) is 5.54. The highest BCUT2D eigenvalue weighted by Crippen LogP contribution is 2.51. The zero-order chi connectivity index (χ0) is 41.8. The molecule has 294 valence electrons. The van der Waals surface area contributed by atoms with Gasteiger partial charge in [-0.15, -0.1) is 0 Å². The maximum atomic E-state index is 2.44. The maximum Gasteiger partial charge on any atom is 0.0159 e. The molecule has 0 saturated heterocycles. The van der Waals surface area contributed by atoms with Gasteiger partial charge in [0.15, 0.2) is 0 Å². The monoisotopic (exact) mass is 798 g/mol. The molecule has 0 bridgehead atoms. The molecular formula is C63H42. The molecule has 0 nitrogen and oxygen atoms in total. The Labute approximate surface area is 367 Å². The number of fused-ring (bicyclic) bond motifs is 13. The first-order valence-electron chi connectivity index (χ1n) is 22.1. The van der Waals surface area contributed by atoms with Crippen molar-refractivity contribution in [2.45, 2.75) is 19.3 Å². The zero-order valence-electron chi connectivity index (χ0n) is 35.3. The van der Waals surface area contributed by atoms with Crippen molar-refractivity contribution < 1.29 is 0 Å². The highest BCUT2D eigenvalue weighted by atomic mass is 14.4. The van der Waals surface area contributed by atoms with Crippen molar-refractivity contribution in [2.75, 3.05) is 0 Å². The van der Waals surface area contributed by atoms with Gasteiger partial charge in [0, 0.05) is 5.41 Å². The predicted octanol–water partition coefficient (Wildman–Crippen LogP) is 17.6. The van der Waals surface area contributed by atoms with Crippen molar-refractivity contribution in [1.29, 1.82) is 0 Å². The second-order valence-corrected chi connectivity index (χ2v) is 18.0. The first-order valence-corrected chi connectivity index (χ1v) is 22.1. The van der Waals surface area contributed by atoms with E-state index in [4.69, 9.17) is 0 Å². The van der Waals surface area contributed by atoms with Crippen LogP contribution in [0.15, 0.2) is 218 Å². The second-order valence-electron chi connectivity index (χ2n) is 18.0. The minimum atomic E-state index is -0.0919. The van der Waals surface area contributed by atoms with E-state index in [-0.39, 0.29) is 5.41 Å². The standard InChI is InChI=1S/C63H42/c1-63(2)60-36-46(39-12-4-3-5-13-39)28-30-54(60)55-31-29-47(37-61(55)63)44-26-25-41-32-43(24-23-42(41)33-44)45-22-20-40-21-27-48(35-49(40)34-45)58-38-59-52-16-7-6-14-50(52)51-15-8-10-18-56(51)62(59)57-19-11-9-17-53(57)58/h3-38H,1-2H3. The Balaban J connectivity index is 0.856. The van der Waals surface area contributed by atoms with E-state index in [9.17, 15) is 0 Å². The lowest BCUT2D eigenvalue weighted by Crippen LogP contribution is -2.15. The highest BCUT2D eigenvalue weighted by Gasteiger charge is 2.36. The molecule has 13 rings (SSSR count). The van der Waals surface area contributed by atoms with Gasteiger partial charge in [0.25, 0.3) is 0 Å². The van der Waals surface area contributed by atoms with Crippen LogP contribution in [-0.4, -0.2) is 0 Å². The van der Waals surface area contributed by atoms with Crippen LogP contribution < -0.4 is 0 Å². The number of hydrogen-bond acceptors (Lipinski definition) is 0. The Bertz CT molecular complexity index is 3870. The summed E-state index contributed by atoms with van der Waals surface area (Å²) in [6, 6.07) is 81.7. The van der Waals surface area contributed by atoms with Crippen LogP contribution in [0.4, 0.5) is 0 Å². The summed E-state index contributed by atoms with van der Waals surface area (Å²) in [4.78, 5) is 0. The molecule has 0 N–H and O–H groups in total. The molecule has 0 saturated carbocycles. The molecule has 12 aromatic rings. The maximum absolute atomic E-state index is 2.44. The van der Waals surface area contributed by atoms with Crippen molar-refractivity contribution >= 4 is 64.6 Å². The number of rotatable bonds is 4. The first kappa shape index (κ1) is 35.9. The van der Waals surface area contributed by atoms with Gasteiger partial charge in [-0.3, -0.25) is 0 Å². The fourth-order valence-corrected chi connectivity index (χ4v) is 10.9. The fourth-order valence-electron chi connectivity index (χ4n) is 10.9. The summed E-state index contributed by atoms with van der Waals surface area (Å²) in [7, 11) is 0. The summed E-state index contributed by atoms with van der Waals surface area (Å²) in [5.41, 5.74) is 15.4. The normalized spacial score (nSPS) is 13.0. The molecule has 0 fully saturated rings.